The highest BCUT2D eigenvalue weighted by molar-refractivity contribution is 7.13. The van der Waals surface area contributed by atoms with Crippen LogP contribution in [0.5, 0.6) is 5.75 Å². The molecule has 2 heterocycles. The van der Waals surface area contributed by atoms with E-state index in [4.69, 9.17) is 4.74 Å². The topological polar surface area (TPSA) is 69.0 Å². The summed E-state index contributed by atoms with van der Waals surface area (Å²) in [5.74, 6) is 0.497. The van der Waals surface area contributed by atoms with E-state index < -0.39 is 0 Å². The second kappa shape index (κ2) is 6.84. The number of carbonyl (C=O) groups is 1. The Hall–Kier alpha value is -2.67. The number of methoxy groups -OCH3 is 1. The molecule has 6 nitrogen and oxygen atoms in total. The van der Waals surface area contributed by atoms with Gasteiger partial charge in [-0.15, -0.1) is 11.3 Å². The predicted molar refractivity (Wildman–Crippen MR) is 94.4 cm³/mol. The highest BCUT2D eigenvalue weighted by Gasteiger charge is 2.11. The first-order valence-electron chi connectivity index (χ1n) is 7.44. The number of amides is 1. The molecule has 1 aromatic carbocycles. The van der Waals surface area contributed by atoms with Gasteiger partial charge in [0.25, 0.3) is 0 Å². The second-order valence-corrected chi connectivity index (χ2v) is 6.34. The molecule has 0 radical (unpaired) electrons. The fourth-order valence-corrected chi connectivity index (χ4v) is 3.06. The van der Waals surface area contributed by atoms with Crippen LogP contribution in [0.4, 0.5) is 5.69 Å². The van der Waals surface area contributed by atoms with Crippen LogP contribution < -0.4 is 10.1 Å². The summed E-state index contributed by atoms with van der Waals surface area (Å²) in [5.41, 5.74) is 3.46. The first kappa shape index (κ1) is 16.2. The van der Waals surface area contributed by atoms with Gasteiger partial charge in [0.1, 0.15) is 23.0 Å². The number of nitrogens with one attached hydrogen (secondary N) is 1. The summed E-state index contributed by atoms with van der Waals surface area (Å²) >= 11 is 1.54. The number of thiazole rings is 1. The zero-order chi connectivity index (χ0) is 17.1. The smallest absolute Gasteiger partial charge is 0.244 e. The molecular formula is C17H18N4O2S. The largest absolute Gasteiger partial charge is 0.495 e. The predicted octanol–water partition coefficient (Wildman–Crippen LogP) is 3.27. The monoisotopic (exact) mass is 342 g/mol. The molecule has 0 aliphatic carbocycles. The Balaban J connectivity index is 1.69. The molecule has 24 heavy (non-hydrogen) atoms. The number of hydrogen-bond acceptors (Lipinski definition) is 5. The quantitative estimate of drug-likeness (QED) is 0.772. The van der Waals surface area contributed by atoms with Crippen molar-refractivity contribution in [1.82, 2.24) is 14.5 Å². The number of imidazole rings is 1. The minimum atomic E-state index is -0.141. The number of benzene rings is 1. The third-order valence-corrected chi connectivity index (χ3v) is 4.41. The van der Waals surface area contributed by atoms with E-state index in [1.54, 1.807) is 18.0 Å². The van der Waals surface area contributed by atoms with E-state index in [9.17, 15) is 4.79 Å². The van der Waals surface area contributed by atoms with Crippen molar-refractivity contribution in [2.24, 2.45) is 0 Å². The van der Waals surface area contributed by atoms with Crippen molar-refractivity contribution in [2.45, 2.75) is 20.4 Å². The molecule has 3 aromatic rings. The summed E-state index contributed by atoms with van der Waals surface area (Å²) in [6.45, 7) is 4.08. The summed E-state index contributed by atoms with van der Waals surface area (Å²) in [6.07, 6.45) is 3.46. The summed E-state index contributed by atoms with van der Waals surface area (Å²) in [5, 5.41) is 5.71. The number of aryl methyl sites for hydroxylation is 2. The number of hydrogen-bond donors (Lipinski definition) is 1. The van der Waals surface area contributed by atoms with Crippen LogP contribution in [0.1, 0.15) is 11.3 Å². The molecule has 7 heteroatoms. The highest BCUT2D eigenvalue weighted by Crippen LogP contribution is 2.25. The average Bonchev–Trinajstić information content (AvgIpc) is 3.16. The SMILES string of the molecule is COc1ccc(C)cc1NC(=O)Cn1cnc(-c2nc(C)cs2)c1. The lowest BCUT2D eigenvalue weighted by Crippen LogP contribution is -2.18. The molecule has 124 valence electrons. The van der Waals surface area contributed by atoms with Gasteiger partial charge in [0.05, 0.1) is 19.1 Å². The van der Waals surface area contributed by atoms with Crippen molar-refractivity contribution < 1.29 is 9.53 Å². The van der Waals surface area contributed by atoms with Crippen LogP contribution in [0.3, 0.4) is 0 Å². The standard InChI is InChI=1S/C17H18N4O2S/c1-11-4-5-15(23-3)13(6-11)20-16(22)8-21-7-14(18-10-21)17-19-12(2)9-24-17/h4-7,9-10H,8H2,1-3H3,(H,20,22). The van der Waals surface area contributed by atoms with Crippen LogP contribution in [0.25, 0.3) is 10.7 Å². The van der Waals surface area contributed by atoms with Crippen molar-refractivity contribution in [3.8, 4) is 16.5 Å². The molecule has 0 unspecified atom stereocenters. The van der Waals surface area contributed by atoms with Gasteiger partial charge >= 0.3 is 0 Å². The molecule has 0 spiro atoms. The number of carbonyl (C=O) groups excluding carboxylic acids is 1. The number of aromatic nitrogens is 3. The molecule has 1 N–H and O–H groups in total. The van der Waals surface area contributed by atoms with Crippen LogP contribution >= 0.6 is 11.3 Å². The fourth-order valence-electron chi connectivity index (χ4n) is 2.30. The van der Waals surface area contributed by atoms with E-state index in [0.717, 1.165) is 22.0 Å². The lowest BCUT2D eigenvalue weighted by atomic mass is 10.2. The highest BCUT2D eigenvalue weighted by atomic mass is 32.1. The van der Waals surface area contributed by atoms with E-state index in [1.165, 1.54) is 11.3 Å². The Morgan fingerprint density at radius 3 is 2.92 bits per heavy atom. The van der Waals surface area contributed by atoms with Gasteiger partial charge in [-0.05, 0) is 31.5 Å². The normalized spacial score (nSPS) is 10.6. The van der Waals surface area contributed by atoms with Crippen LogP contribution in [0, 0.1) is 13.8 Å². The first-order valence-corrected chi connectivity index (χ1v) is 8.32. The average molecular weight is 342 g/mol. The van der Waals surface area contributed by atoms with Gasteiger partial charge in [-0.1, -0.05) is 6.07 Å². The fraction of sp³-hybridized carbons (Fsp3) is 0.235. The van der Waals surface area contributed by atoms with Crippen molar-refractivity contribution in [2.75, 3.05) is 12.4 Å². The molecule has 0 bridgehead atoms. The molecule has 0 atom stereocenters. The zero-order valence-corrected chi connectivity index (χ0v) is 14.6. The van der Waals surface area contributed by atoms with Gasteiger partial charge in [0.15, 0.2) is 0 Å². The van der Waals surface area contributed by atoms with E-state index in [-0.39, 0.29) is 12.5 Å². The van der Waals surface area contributed by atoms with Crippen molar-refractivity contribution in [1.29, 1.82) is 0 Å². The van der Waals surface area contributed by atoms with Crippen LogP contribution in [-0.2, 0) is 11.3 Å². The molecule has 0 aliphatic rings. The molecule has 3 rings (SSSR count). The Morgan fingerprint density at radius 1 is 1.38 bits per heavy atom. The van der Waals surface area contributed by atoms with E-state index >= 15 is 0 Å². The van der Waals surface area contributed by atoms with Gasteiger partial charge in [-0.25, -0.2) is 9.97 Å². The van der Waals surface area contributed by atoms with Crippen molar-refractivity contribution >= 4 is 22.9 Å². The maximum atomic E-state index is 12.3. The Morgan fingerprint density at radius 2 is 2.21 bits per heavy atom. The molecule has 0 saturated carbocycles. The molecule has 1 amide bonds. The van der Waals surface area contributed by atoms with Crippen molar-refractivity contribution in [3.05, 3.63) is 47.4 Å². The summed E-state index contributed by atoms with van der Waals surface area (Å²) in [4.78, 5) is 21.0. The number of anilines is 1. The Kier molecular flexibility index (Phi) is 4.61. The Bertz CT molecular complexity index is 869. The van der Waals surface area contributed by atoms with Crippen LogP contribution in [-0.4, -0.2) is 27.6 Å². The third-order valence-electron chi connectivity index (χ3n) is 3.43. The van der Waals surface area contributed by atoms with Gasteiger partial charge in [-0.2, -0.15) is 0 Å². The molecule has 2 aromatic heterocycles. The van der Waals surface area contributed by atoms with E-state index in [1.807, 2.05) is 43.6 Å². The summed E-state index contributed by atoms with van der Waals surface area (Å²) < 4.78 is 7.01. The number of ether oxygens (including phenoxy) is 1. The van der Waals surface area contributed by atoms with Gasteiger partial charge in [0, 0.05) is 17.3 Å². The summed E-state index contributed by atoms with van der Waals surface area (Å²) in [6, 6.07) is 5.66. The van der Waals surface area contributed by atoms with Gasteiger partial charge in [0.2, 0.25) is 5.91 Å². The number of rotatable bonds is 5. The van der Waals surface area contributed by atoms with Crippen molar-refractivity contribution in [3.63, 3.8) is 0 Å². The third kappa shape index (κ3) is 3.62. The summed E-state index contributed by atoms with van der Waals surface area (Å²) in [7, 11) is 1.58. The molecule has 0 saturated heterocycles. The lowest BCUT2D eigenvalue weighted by molar-refractivity contribution is -0.116. The van der Waals surface area contributed by atoms with E-state index in [0.29, 0.717) is 11.4 Å². The lowest BCUT2D eigenvalue weighted by Gasteiger charge is -2.11. The van der Waals surface area contributed by atoms with Gasteiger partial charge < -0.3 is 14.6 Å². The molecular weight excluding hydrogens is 324 g/mol. The minimum absolute atomic E-state index is 0.141. The van der Waals surface area contributed by atoms with Crippen LogP contribution in [0.2, 0.25) is 0 Å². The van der Waals surface area contributed by atoms with Gasteiger partial charge in [-0.3, -0.25) is 4.79 Å². The van der Waals surface area contributed by atoms with E-state index in [2.05, 4.69) is 15.3 Å². The second-order valence-electron chi connectivity index (χ2n) is 5.48. The van der Waals surface area contributed by atoms with Crippen LogP contribution in [0.15, 0.2) is 36.1 Å². The molecule has 0 fully saturated rings. The first-order chi connectivity index (χ1) is 11.5. The maximum Gasteiger partial charge on any atom is 0.244 e. The minimum Gasteiger partial charge on any atom is -0.495 e. The number of nitrogens with zero attached hydrogens (tertiary/aromatic N) is 3. The maximum absolute atomic E-state index is 12.3. The zero-order valence-electron chi connectivity index (χ0n) is 13.7. The Labute approximate surface area is 144 Å². The molecule has 0 aliphatic heterocycles.